The third-order valence-electron chi connectivity index (χ3n) is 4.08. The molecule has 1 fully saturated rings. The number of likely N-dealkylation sites (N-methyl/N-ethyl adjacent to an activating group) is 1. The molecule has 0 saturated carbocycles. The standard InChI is InChI=1S/C14H29N3O/c1-7-9-11-13(18)17(12(8-2)15-11)10-14(3,4)16(5)6/h11-12,15H,7-10H2,1-6H3. The molecule has 0 aliphatic carbocycles. The number of hydrogen-bond donors (Lipinski definition) is 1. The van der Waals surface area contributed by atoms with E-state index in [4.69, 9.17) is 0 Å². The fourth-order valence-electron chi connectivity index (χ4n) is 2.33. The molecular formula is C14H29N3O. The van der Waals surface area contributed by atoms with Gasteiger partial charge in [0.1, 0.15) is 0 Å². The van der Waals surface area contributed by atoms with Gasteiger partial charge in [0.2, 0.25) is 5.91 Å². The molecule has 106 valence electrons. The molecule has 0 bridgehead atoms. The van der Waals surface area contributed by atoms with Crippen LogP contribution in [-0.2, 0) is 4.79 Å². The Kier molecular flexibility index (Phi) is 5.17. The van der Waals surface area contributed by atoms with Crippen molar-refractivity contribution in [3.05, 3.63) is 0 Å². The topological polar surface area (TPSA) is 35.6 Å². The molecule has 2 unspecified atom stereocenters. The predicted molar refractivity (Wildman–Crippen MR) is 75.4 cm³/mol. The van der Waals surface area contributed by atoms with E-state index in [-0.39, 0.29) is 23.7 Å². The number of carbonyl (C=O) groups excluding carboxylic acids is 1. The molecule has 2 atom stereocenters. The van der Waals surface area contributed by atoms with Crippen LogP contribution < -0.4 is 5.32 Å². The van der Waals surface area contributed by atoms with Gasteiger partial charge in [0.05, 0.1) is 12.2 Å². The third-order valence-corrected chi connectivity index (χ3v) is 4.08. The predicted octanol–water partition coefficient (Wildman–Crippen LogP) is 1.66. The van der Waals surface area contributed by atoms with Crippen molar-refractivity contribution in [1.82, 2.24) is 15.1 Å². The van der Waals surface area contributed by atoms with Crippen molar-refractivity contribution >= 4 is 5.91 Å². The second kappa shape index (κ2) is 6.02. The van der Waals surface area contributed by atoms with E-state index in [2.05, 4.69) is 52.0 Å². The molecule has 1 aliphatic heterocycles. The van der Waals surface area contributed by atoms with E-state index >= 15 is 0 Å². The highest BCUT2D eigenvalue weighted by Gasteiger charge is 2.40. The van der Waals surface area contributed by atoms with Crippen LogP contribution in [0.1, 0.15) is 47.0 Å². The lowest BCUT2D eigenvalue weighted by molar-refractivity contribution is -0.131. The van der Waals surface area contributed by atoms with Crippen molar-refractivity contribution in [1.29, 1.82) is 0 Å². The van der Waals surface area contributed by atoms with Gasteiger partial charge in [0, 0.05) is 12.1 Å². The maximum absolute atomic E-state index is 12.4. The molecule has 4 heteroatoms. The highest BCUT2D eigenvalue weighted by molar-refractivity contribution is 5.84. The van der Waals surface area contributed by atoms with Gasteiger partial charge in [-0.3, -0.25) is 10.1 Å². The quantitative estimate of drug-likeness (QED) is 0.784. The zero-order valence-corrected chi connectivity index (χ0v) is 12.8. The van der Waals surface area contributed by atoms with Gasteiger partial charge < -0.3 is 9.80 Å². The summed E-state index contributed by atoms with van der Waals surface area (Å²) in [4.78, 5) is 16.6. The summed E-state index contributed by atoms with van der Waals surface area (Å²) in [6.07, 6.45) is 3.15. The lowest BCUT2D eigenvalue weighted by atomic mass is 10.0. The van der Waals surface area contributed by atoms with Crippen LogP contribution >= 0.6 is 0 Å². The van der Waals surface area contributed by atoms with Crippen LogP contribution in [0.25, 0.3) is 0 Å². The largest absolute Gasteiger partial charge is 0.324 e. The van der Waals surface area contributed by atoms with Gasteiger partial charge in [-0.25, -0.2) is 0 Å². The fourth-order valence-corrected chi connectivity index (χ4v) is 2.33. The Balaban J connectivity index is 2.76. The maximum Gasteiger partial charge on any atom is 0.241 e. The molecule has 1 N–H and O–H groups in total. The van der Waals surface area contributed by atoms with Crippen molar-refractivity contribution in [2.75, 3.05) is 20.6 Å². The average Bonchev–Trinajstić information content (AvgIpc) is 2.57. The van der Waals surface area contributed by atoms with Crippen molar-refractivity contribution in [3.8, 4) is 0 Å². The molecular weight excluding hydrogens is 226 g/mol. The summed E-state index contributed by atoms with van der Waals surface area (Å²) < 4.78 is 0. The number of hydrogen-bond acceptors (Lipinski definition) is 3. The molecule has 0 radical (unpaired) electrons. The molecule has 1 aliphatic rings. The van der Waals surface area contributed by atoms with Crippen molar-refractivity contribution in [3.63, 3.8) is 0 Å². The Morgan fingerprint density at radius 3 is 2.39 bits per heavy atom. The monoisotopic (exact) mass is 255 g/mol. The van der Waals surface area contributed by atoms with E-state index in [9.17, 15) is 4.79 Å². The second-order valence-electron chi connectivity index (χ2n) is 6.10. The number of nitrogens with zero attached hydrogens (tertiary/aromatic N) is 2. The molecule has 1 saturated heterocycles. The number of amides is 1. The lowest BCUT2D eigenvalue weighted by Crippen LogP contribution is -2.51. The molecule has 1 rings (SSSR count). The lowest BCUT2D eigenvalue weighted by Gasteiger charge is -2.38. The minimum absolute atomic E-state index is 0.00582. The van der Waals surface area contributed by atoms with Crippen LogP contribution in [0.3, 0.4) is 0 Å². The molecule has 0 aromatic rings. The summed E-state index contributed by atoms with van der Waals surface area (Å²) in [5.41, 5.74) is 0.00582. The highest BCUT2D eigenvalue weighted by Crippen LogP contribution is 2.21. The van der Waals surface area contributed by atoms with Gasteiger partial charge in [-0.05, 0) is 40.8 Å². The van der Waals surface area contributed by atoms with E-state index in [1.165, 1.54) is 0 Å². The van der Waals surface area contributed by atoms with Gasteiger partial charge in [0.25, 0.3) is 0 Å². The molecule has 18 heavy (non-hydrogen) atoms. The minimum Gasteiger partial charge on any atom is -0.324 e. The van der Waals surface area contributed by atoms with E-state index in [1.54, 1.807) is 0 Å². The molecule has 0 aromatic heterocycles. The highest BCUT2D eigenvalue weighted by atomic mass is 16.2. The van der Waals surface area contributed by atoms with Crippen molar-refractivity contribution in [2.24, 2.45) is 0 Å². The summed E-state index contributed by atoms with van der Waals surface area (Å²) in [6, 6.07) is 0.0258. The normalized spacial score (nSPS) is 25.3. The number of nitrogens with one attached hydrogen (secondary N) is 1. The first-order valence-electron chi connectivity index (χ1n) is 7.07. The van der Waals surface area contributed by atoms with Crippen LogP contribution in [-0.4, -0.2) is 54.1 Å². The summed E-state index contributed by atoms with van der Waals surface area (Å²) in [6.45, 7) is 9.40. The summed E-state index contributed by atoms with van der Waals surface area (Å²) in [5.74, 6) is 0.277. The SMILES string of the molecule is CCCC1NC(CC)N(CC(C)(C)N(C)C)C1=O. The Labute approximate surface area is 112 Å². The van der Waals surface area contributed by atoms with Gasteiger partial charge in [-0.15, -0.1) is 0 Å². The van der Waals surface area contributed by atoms with Crippen LogP contribution in [0.4, 0.5) is 0 Å². The Morgan fingerprint density at radius 1 is 1.33 bits per heavy atom. The zero-order chi connectivity index (χ0) is 13.9. The first kappa shape index (κ1) is 15.4. The zero-order valence-electron chi connectivity index (χ0n) is 12.8. The second-order valence-corrected chi connectivity index (χ2v) is 6.10. The molecule has 0 aromatic carbocycles. The first-order valence-corrected chi connectivity index (χ1v) is 7.07. The molecule has 0 spiro atoms. The van der Waals surface area contributed by atoms with E-state index < -0.39 is 0 Å². The Bertz CT molecular complexity index is 289. The summed E-state index contributed by atoms with van der Waals surface area (Å²) in [7, 11) is 4.14. The van der Waals surface area contributed by atoms with Crippen molar-refractivity contribution < 1.29 is 4.79 Å². The van der Waals surface area contributed by atoms with Gasteiger partial charge in [0.15, 0.2) is 0 Å². The van der Waals surface area contributed by atoms with Gasteiger partial charge in [-0.2, -0.15) is 0 Å². The smallest absolute Gasteiger partial charge is 0.241 e. The Hall–Kier alpha value is -0.610. The van der Waals surface area contributed by atoms with Crippen LogP contribution in [0.15, 0.2) is 0 Å². The maximum atomic E-state index is 12.4. The first-order chi connectivity index (χ1) is 8.33. The van der Waals surface area contributed by atoms with Crippen molar-refractivity contribution in [2.45, 2.75) is 64.7 Å². The Morgan fingerprint density at radius 2 is 1.94 bits per heavy atom. The van der Waals surface area contributed by atoms with Crippen LogP contribution in [0.2, 0.25) is 0 Å². The third kappa shape index (κ3) is 3.23. The summed E-state index contributed by atoms with van der Waals surface area (Å²) >= 11 is 0. The minimum atomic E-state index is 0.00582. The van der Waals surface area contributed by atoms with Crippen LogP contribution in [0, 0.1) is 0 Å². The van der Waals surface area contributed by atoms with E-state index in [0.29, 0.717) is 0 Å². The van der Waals surface area contributed by atoms with Crippen LogP contribution in [0.5, 0.6) is 0 Å². The molecule has 1 amide bonds. The fraction of sp³-hybridized carbons (Fsp3) is 0.929. The molecule has 4 nitrogen and oxygen atoms in total. The summed E-state index contributed by atoms with van der Waals surface area (Å²) in [5, 5.41) is 3.46. The average molecular weight is 255 g/mol. The van der Waals surface area contributed by atoms with E-state index in [1.807, 2.05) is 4.90 Å². The van der Waals surface area contributed by atoms with Gasteiger partial charge >= 0.3 is 0 Å². The number of rotatable bonds is 6. The van der Waals surface area contributed by atoms with Gasteiger partial charge in [-0.1, -0.05) is 20.3 Å². The number of carbonyl (C=O) groups is 1. The molecule has 1 heterocycles. The van der Waals surface area contributed by atoms with E-state index in [0.717, 1.165) is 25.8 Å².